The molecule has 1 aromatic rings. The molecule has 2 aliphatic heterocycles. The predicted molar refractivity (Wildman–Crippen MR) is 93.9 cm³/mol. The largest absolute Gasteiger partial charge is 0.452 e. The van der Waals surface area contributed by atoms with Crippen LogP contribution < -0.4 is 5.32 Å². The molecular weight excluding hydrogens is 340 g/mol. The minimum absolute atomic E-state index is 0.0413. The van der Waals surface area contributed by atoms with Gasteiger partial charge in [0.25, 0.3) is 5.91 Å². The normalized spacial score (nSPS) is 21.5. The number of esters is 1. The SMILES string of the molecule is CC(C)C(OC(=O)C1CCC(=O)NC1)C(=O)N1CCc2sccc2C1. The summed E-state index contributed by atoms with van der Waals surface area (Å²) in [5.41, 5.74) is 1.19. The summed E-state index contributed by atoms with van der Waals surface area (Å²) in [4.78, 5) is 39.7. The summed E-state index contributed by atoms with van der Waals surface area (Å²) in [5, 5.41) is 4.73. The van der Waals surface area contributed by atoms with Gasteiger partial charge in [0.1, 0.15) is 0 Å². The van der Waals surface area contributed by atoms with Gasteiger partial charge in [0, 0.05) is 30.9 Å². The lowest BCUT2D eigenvalue weighted by Gasteiger charge is -2.32. The number of nitrogens with one attached hydrogen (secondary N) is 1. The molecule has 1 N–H and O–H groups in total. The number of thiophene rings is 1. The van der Waals surface area contributed by atoms with Crippen molar-refractivity contribution in [3.8, 4) is 0 Å². The van der Waals surface area contributed by atoms with E-state index in [9.17, 15) is 14.4 Å². The summed E-state index contributed by atoms with van der Waals surface area (Å²) in [6, 6.07) is 2.06. The standard InChI is InChI=1S/C18H24N2O4S/c1-11(2)16(24-18(23)12-3-4-15(21)19-9-12)17(22)20-7-5-14-13(10-20)6-8-25-14/h6,8,11-12,16H,3-5,7,9-10H2,1-2H3,(H,19,21). The molecular formula is C18H24N2O4S. The second-order valence-corrected chi connectivity index (χ2v) is 8.02. The topological polar surface area (TPSA) is 75.7 Å². The van der Waals surface area contributed by atoms with Gasteiger partial charge in [-0.15, -0.1) is 11.3 Å². The second kappa shape index (κ2) is 7.56. The van der Waals surface area contributed by atoms with Crippen LogP contribution in [0.2, 0.25) is 0 Å². The van der Waals surface area contributed by atoms with Gasteiger partial charge in [0.2, 0.25) is 5.91 Å². The third-order valence-corrected chi connectivity index (χ3v) is 5.83. The van der Waals surface area contributed by atoms with Crippen LogP contribution in [0.4, 0.5) is 0 Å². The van der Waals surface area contributed by atoms with Crippen molar-refractivity contribution in [2.45, 2.75) is 45.8 Å². The van der Waals surface area contributed by atoms with E-state index >= 15 is 0 Å². The van der Waals surface area contributed by atoms with Crippen molar-refractivity contribution in [2.75, 3.05) is 13.1 Å². The highest BCUT2D eigenvalue weighted by molar-refractivity contribution is 7.10. The Kier molecular flexibility index (Phi) is 5.42. The van der Waals surface area contributed by atoms with Crippen molar-refractivity contribution < 1.29 is 19.1 Å². The Morgan fingerprint density at radius 1 is 1.36 bits per heavy atom. The number of carbonyl (C=O) groups excluding carboxylic acids is 3. The zero-order chi connectivity index (χ0) is 18.0. The fourth-order valence-corrected chi connectivity index (χ4v) is 4.13. The van der Waals surface area contributed by atoms with Gasteiger partial charge >= 0.3 is 5.97 Å². The van der Waals surface area contributed by atoms with E-state index < -0.39 is 6.10 Å². The second-order valence-electron chi connectivity index (χ2n) is 7.02. The third-order valence-electron chi connectivity index (χ3n) is 4.81. The number of fused-ring (bicyclic) bond motifs is 1. The summed E-state index contributed by atoms with van der Waals surface area (Å²) >= 11 is 1.73. The van der Waals surface area contributed by atoms with Crippen LogP contribution in [0.1, 0.15) is 37.1 Å². The number of carbonyl (C=O) groups is 3. The highest BCUT2D eigenvalue weighted by atomic mass is 32.1. The summed E-state index contributed by atoms with van der Waals surface area (Å²) < 4.78 is 5.59. The highest BCUT2D eigenvalue weighted by Gasteiger charge is 2.35. The molecule has 2 unspecified atom stereocenters. The Bertz CT molecular complexity index is 660. The number of hydrogen-bond donors (Lipinski definition) is 1. The average molecular weight is 364 g/mol. The maximum atomic E-state index is 12.9. The number of ether oxygens (including phenoxy) is 1. The molecule has 7 heteroatoms. The molecule has 2 amide bonds. The first kappa shape index (κ1) is 17.9. The van der Waals surface area contributed by atoms with Crippen LogP contribution in [-0.2, 0) is 32.1 Å². The van der Waals surface area contributed by atoms with Gasteiger partial charge in [-0.25, -0.2) is 0 Å². The molecule has 1 aromatic heterocycles. The van der Waals surface area contributed by atoms with Gasteiger partial charge < -0.3 is 15.0 Å². The molecule has 0 aliphatic carbocycles. The van der Waals surface area contributed by atoms with Crippen molar-refractivity contribution in [2.24, 2.45) is 11.8 Å². The number of hydrogen-bond acceptors (Lipinski definition) is 5. The zero-order valence-corrected chi connectivity index (χ0v) is 15.4. The quantitative estimate of drug-likeness (QED) is 0.826. The number of nitrogens with zero attached hydrogens (tertiary/aromatic N) is 1. The van der Waals surface area contributed by atoms with E-state index in [4.69, 9.17) is 4.74 Å². The van der Waals surface area contributed by atoms with E-state index in [0.29, 0.717) is 32.5 Å². The van der Waals surface area contributed by atoms with Crippen molar-refractivity contribution in [3.05, 3.63) is 21.9 Å². The molecule has 0 radical (unpaired) electrons. The summed E-state index contributed by atoms with van der Waals surface area (Å²) in [5.74, 6) is -1.02. The Hall–Kier alpha value is -1.89. The van der Waals surface area contributed by atoms with Crippen LogP contribution >= 0.6 is 11.3 Å². The molecule has 2 aliphatic rings. The van der Waals surface area contributed by atoms with E-state index in [-0.39, 0.29) is 29.6 Å². The molecule has 0 bridgehead atoms. The average Bonchev–Trinajstić information content (AvgIpc) is 3.06. The van der Waals surface area contributed by atoms with Crippen molar-refractivity contribution in [1.29, 1.82) is 0 Å². The first-order valence-corrected chi connectivity index (χ1v) is 9.65. The molecule has 6 nitrogen and oxygen atoms in total. The van der Waals surface area contributed by atoms with Gasteiger partial charge in [-0.3, -0.25) is 14.4 Å². The molecule has 0 saturated carbocycles. The minimum atomic E-state index is -0.773. The first-order chi connectivity index (χ1) is 12.0. The molecule has 1 fully saturated rings. The minimum Gasteiger partial charge on any atom is -0.452 e. The predicted octanol–water partition coefficient (Wildman–Crippen LogP) is 1.73. The zero-order valence-electron chi connectivity index (χ0n) is 14.6. The van der Waals surface area contributed by atoms with E-state index in [1.54, 1.807) is 16.2 Å². The van der Waals surface area contributed by atoms with Crippen molar-refractivity contribution in [3.63, 3.8) is 0 Å². The smallest absolute Gasteiger partial charge is 0.311 e. The van der Waals surface area contributed by atoms with Crippen molar-refractivity contribution >= 4 is 29.1 Å². The summed E-state index contributed by atoms with van der Waals surface area (Å²) in [6.45, 7) is 5.31. The van der Waals surface area contributed by atoms with E-state index in [1.165, 1.54) is 10.4 Å². The molecule has 3 heterocycles. The lowest BCUT2D eigenvalue weighted by atomic mass is 9.98. The van der Waals surface area contributed by atoms with E-state index in [0.717, 1.165) is 6.42 Å². The van der Waals surface area contributed by atoms with Crippen LogP contribution in [0.3, 0.4) is 0 Å². The fraction of sp³-hybridized carbons (Fsp3) is 0.611. The summed E-state index contributed by atoms with van der Waals surface area (Å²) in [6.07, 6.45) is 0.885. The van der Waals surface area contributed by atoms with Gasteiger partial charge in [0.15, 0.2) is 6.10 Å². The molecule has 3 rings (SSSR count). The monoisotopic (exact) mass is 364 g/mol. The van der Waals surface area contributed by atoms with E-state index in [1.807, 2.05) is 13.8 Å². The summed E-state index contributed by atoms with van der Waals surface area (Å²) in [7, 11) is 0. The lowest BCUT2D eigenvalue weighted by Crippen LogP contribution is -2.47. The Morgan fingerprint density at radius 2 is 2.16 bits per heavy atom. The van der Waals surface area contributed by atoms with Crippen LogP contribution in [0.25, 0.3) is 0 Å². The van der Waals surface area contributed by atoms with Gasteiger partial charge in [-0.1, -0.05) is 13.8 Å². The molecule has 25 heavy (non-hydrogen) atoms. The highest BCUT2D eigenvalue weighted by Crippen LogP contribution is 2.26. The van der Waals surface area contributed by atoms with Gasteiger partial charge in [-0.2, -0.15) is 0 Å². The first-order valence-electron chi connectivity index (χ1n) is 8.77. The third kappa shape index (κ3) is 4.03. The van der Waals surface area contributed by atoms with Crippen LogP contribution in [0.15, 0.2) is 11.4 Å². The van der Waals surface area contributed by atoms with Crippen LogP contribution in [-0.4, -0.2) is 41.9 Å². The molecule has 0 aromatic carbocycles. The molecule has 0 spiro atoms. The molecule has 1 saturated heterocycles. The Balaban J connectivity index is 1.63. The number of rotatable bonds is 4. The van der Waals surface area contributed by atoms with E-state index in [2.05, 4.69) is 16.8 Å². The lowest BCUT2D eigenvalue weighted by molar-refractivity contribution is -0.167. The number of piperidine rings is 1. The number of amides is 2. The van der Waals surface area contributed by atoms with Gasteiger partial charge in [-0.05, 0) is 35.8 Å². The van der Waals surface area contributed by atoms with Crippen molar-refractivity contribution in [1.82, 2.24) is 10.2 Å². The maximum absolute atomic E-state index is 12.9. The Morgan fingerprint density at radius 3 is 2.84 bits per heavy atom. The Labute approximate surface area is 151 Å². The van der Waals surface area contributed by atoms with Crippen LogP contribution in [0, 0.1) is 11.8 Å². The van der Waals surface area contributed by atoms with Crippen LogP contribution in [0.5, 0.6) is 0 Å². The fourth-order valence-electron chi connectivity index (χ4n) is 3.24. The van der Waals surface area contributed by atoms with Gasteiger partial charge in [0.05, 0.1) is 5.92 Å². The molecule has 136 valence electrons. The maximum Gasteiger partial charge on any atom is 0.311 e. The molecule has 2 atom stereocenters.